The van der Waals surface area contributed by atoms with Crippen LogP contribution >= 0.6 is 15.9 Å². The van der Waals surface area contributed by atoms with E-state index in [1.54, 1.807) is 18.2 Å². The summed E-state index contributed by atoms with van der Waals surface area (Å²) in [6, 6.07) is 4.97. The summed E-state index contributed by atoms with van der Waals surface area (Å²) in [5.41, 5.74) is 11.8. The number of phenols is 1. The Kier molecular flexibility index (Phi) is 3.76. The second kappa shape index (κ2) is 5.48. The number of aromatic hydroxyl groups is 1. The van der Waals surface area contributed by atoms with E-state index in [0.29, 0.717) is 5.56 Å². The van der Waals surface area contributed by atoms with E-state index in [2.05, 4.69) is 41.1 Å². The molecule has 8 nitrogen and oxygen atoms in total. The molecule has 1 aromatic carbocycles. The van der Waals surface area contributed by atoms with Crippen molar-refractivity contribution in [2.75, 3.05) is 5.73 Å². The predicted molar refractivity (Wildman–Crippen MR) is 71.4 cm³/mol. The number of halogens is 1. The quantitative estimate of drug-likeness (QED) is 0.322. The predicted octanol–water partition coefficient (Wildman–Crippen LogP) is -1.06. The third-order valence-electron chi connectivity index (χ3n) is 2.15. The lowest BCUT2D eigenvalue weighted by Gasteiger charge is -1.95. The van der Waals surface area contributed by atoms with Gasteiger partial charge in [-0.3, -0.25) is 0 Å². The van der Waals surface area contributed by atoms with E-state index in [-0.39, 0.29) is 23.1 Å². The number of hydrazone groups is 1. The molecule has 0 saturated heterocycles. The topological polar surface area (TPSA) is 138 Å². The molecule has 98 valence electrons. The van der Waals surface area contributed by atoms with Crippen LogP contribution in [0.4, 0.5) is 5.82 Å². The molecule has 9 heteroatoms. The maximum Gasteiger partial charge on any atom is 0.224 e. The maximum absolute atomic E-state index is 9.60. The molecule has 0 aliphatic rings. The average molecular weight is 326 g/mol. The van der Waals surface area contributed by atoms with Crippen LogP contribution in [0.1, 0.15) is 11.3 Å². The molecule has 1 aromatic heterocycles. The zero-order chi connectivity index (χ0) is 13.8. The Morgan fingerprint density at radius 2 is 2.26 bits per heavy atom. The average Bonchev–Trinajstić information content (AvgIpc) is 2.80. The molecule has 0 atom stereocenters. The van der Waals surface area contributed by atoms with Crippen LogP contribution < -0.4 is 16.6 Å². The number of aromatic nitrogens is 2. The van der Waals surface area contributed by atoms with Crippen LogP contribution in [0, 0.1) is 0 Å². The first-order valence-electron chi connectivity index (χ1n) is 5.06. The number of nitrogens with zero attached hydrogens (tertiary/aromatic N) is 3. The number of hydrogen-bond donors (Lipinski definition) is 4. The van der Waals surface area contributed by atoms with Gasteiger partial charge in [0.05, 0.1) is 5.56 Å². The Morgan fingerprint density at radius 3 is 2.95 bits per heavy atom. The van der Waals surface area contributed by atoms with Gasteiger partial charge in [-0.05, 0) is 28.5 Å². The number of benzene rings is 1. The lowest BCUT2D eigenvalue weighted by molar-refractivity contribution is -0.456. The highest BCUT2D eigenvalue weighted by molar-refractivity contribution is 9.10. The molecule has 19 heavy (non-hydrogen) atoms. The molecule has 0 bridgehead atoms. The van der Waals surface area contributed by atoms with E-state index in [1.807, 2.05) is 0 Å². The third kappa shape index (κ3) is 3.07. The van der Waals surface area contributed by atoms with Crippen LogP contribution in [0.25, 0.3) is 0 Å². The minimum absolute atomic E-state index is 0.0180. The molecule has 6 N–H and O–H groups in total. The third-order valence-corrected chi connectivity index (χ3v) is 2.64. The monoisotopic (exact) mass is 325 g/mol. The van der Waals surface area contributed by atoms with Crippen molar-refractivity contribution in [1.82, 2.24) is 10.3 Å². The van der Waals surface area contributed by atoms with Crippen molar-refractivity contribution in [2.24, 2.45) is 10.8 Å². The minimum atomic E-state index is 0.0180. The van der Waals surface area contributed by atoms with Gasteiger partial charge in [0.1, 0.15) is 5.75 Å². The van der Waals surface area contributed by atoms with E-state index in [9.17, 15) is 5.11 Å². The molecule has 0 amide bonds. The van der Waals surface area contributed by atoms with Gasteiger partial charge in [-0.25, -0.2) is 4.63 Å². The van der Waals surface area contributed by atoms with Gasteiger partial charge < -0.3 is 16.6 Å². The normalized spacial score (nSPS) is 12.2. The number of hydrogen-bond acceptors (Lipinski definition) is 6. The SMILES string of the molecule is NC(=N[NH+]=Cc1cc(Br)ccc1O)c1nonc1N. The number of nitrogen functional groups attached to an aromatic ring is 1. The lowest BCUT2D eigenvalue weighted by Crippen LogP contribution is -2.63. The van der Waals surface area contributed by atoms with Gasteiger partial charge in [0.15, 0.2) is 11.5 Å². The van der Waals surface area contributed by atoms with Gasteiger partial charge in [-0.15, -0.1) is 5.10 Å². The fourth-order valence-corrected chi connectivity index (χ4v) is 1.62. The fourth-order valence-electron chi connectivity index (χ4n) is 1.24. The Balaban J connectivity index is 2.20. The number of nitrogens with two attached hydrogens (primary N) is 2. The Hall–Kier alpha value is -2.42. The van der Waals surface area contributed by atoms with Crippen molar-refractivity contribution in [3.05, 3.63) is 33.9 Å². The van der Waals surface area contributed by atoms with E-state index in [0.717, 1.165) is 4.47 Å². The fraction of sp³-hybridized carbons (Fsp3) is 0. The molecule has 2 aromatic rings. The van der Waals surface area contributed by atoms with E-state index >= 15 is 0 Å². The molecular formula is C10H10BrN6O2+. The Labute approximate surface area is 115 Å². The van der Waals surface area contributed by atoms with Gasteiger partial charge in [0.2, 0.25) is 12.1 Å². The summed E-state index contributed by atoms with van der Waals surface area (Å²) in [4.78, 5) is 0. The summed E-state index contributed by atoms with van der Waals surface area (Å²) in [7, 11) is 0. The summed E-state index contributed by atoms with van der Waals surface area (Å²) >= 11 is 3.29. The second-order valence-electron chi connectivity index (χ2n) is 3.47. The molecule has 0 spiro atoms. The standard InChI is InChI=1S/C10H9BrN6O2/c11-6-1-2-7(18)5(3-6)4-14-15-9(12)8-10(13)17-19-16-8/h1-4,18H,(H2,12,15)(H2,13,17)/p+1. The molecule has 1 heterocycles. The number of phenolic OH excluding ortho intramolecular Hbond substituents is 1. The molecule has 0 aliphatic carbocycles. The molecule has 0 unspecified atom stereocenters. The number of rotatable bonds is 3. The number of nitrogens with one attached hydrogen (secondary N) is 1. The molecule has 0 saturated carbocycles. The van der Waals surface area contributed by atoms with E-state index in [1.165, 1.54) is 6.21 Å². The molecule has 0 radical (unpaired) electrons. The summed E-state index contributed by atoms with van der Waals surface area (Å²) in [6.07, 6.45) is 1.47. The first-order chi connectivity index (χ1) is 9.08. The van der Waals surface area contributed by atoms with Gasteiger partial charge in [-0.2, -0.15) is 0 Å². The first-order valence-corrected chi connectivity index (χ1v) is 5.86. The van der Waals surface area contributed by atoms with Gasteiger partial charge in [-0.1, -0.05) is 15.9 Å². The van der Waals surface area contributed by atoms with Crippen LogP contribution in [0.15, 0.2) is 32.4 Å². The zero-order valence-corrected chi connectivity index (χ0v) is 11.1. The maximum atomic E-state index is 9.60. The molecule has 2 rings (SSSR count). The second-order valence-corrected chi connectivity index (χ2v) is 4.39. The van der Waals surface area contributed by atoms with Crippen molar-refractivity contribution in [3.63, 3.8) is 0 Å². The summed E-state index contributed by atoms with van der Waals surface area (Å²) in [5, 5.41) is 22.9. The Bertz CT molecular complexity index is 651. The van der Waals surface area contributed by atoms with Crippen molar-refractivity contribution < 1.29 is 14.8 Å². The highest BCUT2D eigenvalue weighted by Crippen LogP contribution is 2.19. The lowest BCUT2D eigenvalue weighted by atomic mass is 10.2. The smallest absolute Gasteiger partial charge is 0.224 e. The zero-order valence-electron chi connectivity index (χ0n) is 9.54. The van der Waals surface area contributed by atoms with Crippen LogP contribution in [0.3, 0.4) is 0 Å². The van der Waals surface area contributed by atoms with Gasteiger partial charge in [0, 0.05) is 9.57 Å². The number of amidine groups is 1. The van der Waals surface area contributed by atoms with E-state index in [4.69, 9.17) is 11.5 Å². The first kappa shape index (κ1) is 13.0. The summed E-state index contributed by atoms with van der Waals surface area (Å²) < 4.78 is 5.22. The highest BCUT2D eigenvalue weighted by atomic mass is 79.9. The van der Waals surface area contributed by atoms with Crippen molar-refractivity contribution in [1.29, 1.82) is 0 Å². The van der Waals surface area contributed by atoms with Crippen LogP contribution in [0.2, 0.25) is 0 Å². The van der Waals surface area contributed by atoms with Crippen molar-refractivity contribution in [2.45, 2.75) is 0 Å². The van der Waals surface area contributed by atoms with Crippen LogP contribution in [-0.4, -0.2) is 27.5 Å². The van der Waals surface area contributed by atoms with Crippen molar-refractivity contribution >= 4 is 33.8 Å². The Morgan fingerprint density at radius 1 is 1.47 bits per heavy atom. The van der Waals surface area contributed by atoms with Gasteiger partial charge in [0.25, 0.3) is 0 Å². The van der Waals surface area contributed by atoms with E-state index < -0.39 is 0 Å². The highest BCUT2D eigenvalue weighted by Gasteiger charge is 2.12. The summed E-state index contributed by atoms with van der Waals surface area (Å²) in [6.45, 7) is 0. The van der Waals surface area contributed by atoms with Crippen molar-refractivity contribution in [3.8, 4) is 5.75 Å². The molecule has 0 aliphatic heterocycles. The molecular weight excluding hydrogens is 316 g/mol. The van der Waals surface area contributed by atoms with Gasteiger partial charge >= 0.3 is 0 Å². The number of anilines is 1. The summed E-state index contributed by atoms with van der Waals surface area (Å²) in [5.74, 6) is 0.171. The van der Waals surface area contributed by atoms with Crippen LogP contribution in [-0.2, 0) is 0 Å². The van der Waals surface area contributed by atoms with Crippen LogP contribution in [0.5, 0.6) is 5.75 Å². The largest absolute Gasteiger partial charge is 0.507 e. The minimum Gasteiger partial charge on any atom is -0.507 e. The molecule has 0 fully saturated rings.